The molecule has 2 saturated heterocycles. The standard InChI is InChI=1S/C10H19NO3.C4H10N2O.CH4O.ClH/c1-10(2,3)14-9(12)6-11-8-4-5-13-7-8;5-6-4-1-2-7-3-4;1-2;/h8,11H,4-7H2,1-3H3;4,6H,1-3,5H2;2H,1H3;1H. The smallest absolute Gasteiger partial charge is 0.320 e. The summed E-state index contributed by atoms with van der Waals surface area (Å²) in [6.45, 7) is 8.97. The number of aliphatic hydroxyl groups is 1. The molecular formula is C15H34ClN3O5. The van der Waals surface area contributed by atoms with E-state index in [9.17, 15) is 4.79 Å². The summed E-state index contributed by atoms with van der Waals surface area (Å²) in [5.74, 6) is 4.90. The maximum Gasteiger partial charge on any atom is 0.320 e. The first-order valence-electron chi connectivity index (χ1n) is 7.92. The molecule has 2 unspecified atom stereocenters. The van der Waals surface area contributed by atoms with Gasteiger partial charge in [0.1, 0.15) is 5.60 Å². The summed E-state index contributed by atoms with van der Waals surface area (Å²) in [5, 5.41) is 10.1. The van der Waals surface area contributed by atoms with Crippen molar-refractivity contribution in [2.45, 2.75) is 51.3 Å². The van der Waals surface area contributed by atoms with Gasteiger partial charge in [-0.2, -0.15) is 0 Å². The fourth-order valence-electron chi connectivity index (χ4n) is 1.97. The summed E-state index contributed by atoms with van der Waals surface area (Å²) in [5.41, 5.74) is 2.24. The second-order valence-electron chi connectivity index (χ2n) is 6.26. The van der Waals surface area contributed by atoms with Crippen LogP contribution in [0.3, 0.4) is 0 Å². The van der Waals surface area contributed by atoms with Crippen LogP contribution in [-0.2, 0) is 19.0 Å². The van der Waals surface area contributed by atoms with Crippen molar-refractivity contribution in [3.8, 4) is 0 Å². The van der Waals surface area contributed by atoms with Gasteiger partial charge in [0, 0.05) is 32.4 Å². The van der Waals surface area contributed by atoms with Gasteiger partial charge in [-0.05, 0) is 33.6 Å². The Morgan fingerprint density at radius 3 is 2.00 bits per heavy atom. The molecule has 8 nitrogen and oxygen atoms in total. The Morgan fingerprint density at radius 1 is 1.17 bits per heavy atom. The Balaban J connectivity index is 0. The molecule has 5 N–H and O–H groups in total. The zero-order valence-corrected chi connectivity index (χ0v) is 16.0. The van der Waals surface area contributed by atoms with Crippen LogP contribution in [0.5, 0.6) is 0 Å². The lowest BCUT2D eigenvalue weighted by Crippen LogP contribution is -2.37. The quantitative estimate of drug-likeness (QED) is 0.309. The van der Waals surface area contributed by atoms with Crippen molar-refractivity contribution in [3.63, 3.8) is 0 Å². The molecule has 2 fully saturated rings. The second-order valence-corrected chi connectivity index (χ2v) is 6.26. The van der Waals surface area contributed by atoms with Gasteiger partial charge in [0.05, 0.1) is 19.8 Å². The van der Waals surface area contributed by atoms with Crippen LogP contribution in [0.1, 0.15) is 33.6 Å². The summed E-state index contributed by atoms with van der Waals surface area (Å²) in [7, 11) is 1.00. The highest BCUT2D eigenvalue weighted by atomic mass is 35.5. The maximum atomic E-state index is 11.3. The van der Waals surface area contributed by atoms with Crippen LogP contribution in [0.4, 0.5) is 0 Å². The van der Waals surface area contributed by atoms with Crippen LogP contribution in [0.25, 0.3) is 0 Å². The molecule has 0 bridgehead atoms. The van der Waals surface area contributed by atoms with Crippen molar-refractivity contribution >= 4 is 18.4 Å². The molecule has 9 heteroatoms. The lowest BCUT2D eigenvalue weighted by atomic mass is 10.2. The van der Waals surface area contributed by atoms with Crippen molar-refractivity contribution in [2.75, 3.05) is 40.1 Å². The average Bonchev–Trinajstić information content (AvgIpc) is 3.19. The van der Waals surface area contributed by atoms with Gasteiger partial charge in [-0.15, -0.1) is 12.4 Å². The van der Waals surface area contributed by atoms with Crippen molar-refractivity contribution < 1.29 is 24.1 Å². The largest absolute Gasteiger partial charge is 0.459 e. The van der Waals surface area contributed by atoms with Gasteiger partial charge in [0.25, 0.3) is 0 Å². The Hall–Kier alpha value is -0.480. The summed E-state index contributed by atoms with van der Waals surface area (Å²) in [6, 6.07) is 0.711. The number of hydrazine groups is 1. The van der Waals surface area contributed by atoms with Crippen LogP contribution >= 0.6 is 12.4 Å². The number of aliphatic hydroxyl groups excluding tert-OH is 1. The van der Waals surface area contributed by atoms with E-state index in [4.69, 9.17) is 25.2 Å². The van der Waals surface area contributed by atoms with Crippen molar-refractivity contribution in [2.24, 2.45) is 5.84 Å². The Labute approximate surface area is 151 Å². The molecule has 0 spiro atoms. The molecule has 146 valence electrons. The highest BCUT2D eigenvalue weighted by Gasteiger charge is 2.19. The van der Waals surface area contributed by atoms with E-state index >= 15 is 0 Å². The van der Waals surface area contributed by atoms with E-state index in [2.05, 4.69) is 10.7 Å². The molecule has 0 aromatic carbocycles. The maximum absolute atomic E-state index is 11.3. The third-order valence-corrected chi connectivity index (χ3v) is 3.05. The molecule has 0 radical (unpaired) electrons. The molecular weight excluding hydrogens is 338 g/mol. The van der Waals surface area contributed by atoms with E-state index in [0.29, 0.717) is 18.7 Å². The summed E-state index contributed by atoms with van der Waals surface area (Å²) in [6.07, 6.45) is 2.03. The molecule has 0 saturated carbocycles. The van der Waals surface area contributed by atoms with Crippen molar-refractivity contribution in [3.05, 3.63) is 0 Å². The minimum atomic E-state index is -0.398. The summed E-state index contributed by atoms with van der Waals surface area (Å²) < 4.78 is 15.3. The number of hydrogen-bond acceptors (Lipinski definition) is 8. The van der Waals surface area contributed by atoms with Crippen LogP contribution in [0.2, 0.25) is 0 Å². The number of carbonyl (C=O) groups excluding carboxylic acids is 1. The van der Waals surface area contributed by atoms with Crippen molar-refractivity contribution in [1.29, 1.82) is 0 Å². The van der Waals surface area contributed by atoms with Crippen LogP contribution < -0.4 is 16.6 Å². The lowest BCUT2D eigenvalue weighted by molar-refractivity contribution is -0.153. The van der Waals surface area contributed by atoms with Crippen molar-refractivity contribution in [1.82, 2.24) is 10.7 Å². The fraction of sp³-hybridized carbons (Fsp3) is 0.933. The van der Waals surface area contributed by atoms with Gasteiger partial charge in [-0.3, -0.25) is 16.1 Å². The van der Waals surface area contributed by atoms with Crippen LogP contribution in [-0.4, -0.2) is 68.8 Å². The monoisotopic (exact) mass is 371 g/mol. The van der Waals surface area contributed by atoms with E-state index in [-0.39, 0.29) is 24.9 Å². The highest BCUT2D eigenvalue weighted by molar-refractivity contribution is 5.85. The van der Waals surface area contributed by atoms with Gasteiger partial charge in [0.2, 0.25) is 0 Å². The molecule has 0 amide bonds. The molecule has 2 aliphatic rings. The molecule has 2 rings (SSSR count). The van der Waals surface area contributed by atoms with Gasteiger partial charge in [-0.25, -0.2) is 0 Å². The average molecular weight is 372 g/mol. The number of hydrogen-bond donors (Lipinski definition) is 4. The van der Waals surface area contributed by atoms with E-state index in [0.717, 1.165) is 39.8 Å². The molecule has 2 atom stereocenters. The molecule has 2 aliphatic heterocycles. The Morgan fingerprint density at radius 2 is 1.67 bits per heavy atom. The van der Waals surface area contributed by atoms with E-state index in [1.807, 2.05) is 20.8 Å². The zero-order valence-electron chi connectivity index (χ0n) is 15.2. The van der Waals surface area contributed by atoms with Gasteiger partial charge in [0.15, 0.2) is 0 Å². The van der Waals surface area contributed by atoms with Crippen LogP contribution in [0, 0.1) is 0 Å². The Kier molecular flexibility index (Phi) is 15.9. The number of nitrogens with two attached hydrogens (primary N) is 1. The van der Waals surface area contributed by atoms with Crippen LogP contribution in [0.15, 0.2) is 0 Å². The molecule has 24 heavy (non-hydrogen) atoms. The SMILES string of the molecule is CC(C)(C)OC(=O)CNC1CCOC1.CO.Cl.NNC1CCOC1. The lowest BCUT2D eigenvalue weighted by Gasteiger charge is -2.20. The number of halogens is 1. The third kappa shape index (κ3) is 13.9. The number of rotatable bonds is 4. The van der Waals surface area contributed by atoms with Gasteiger partial charge < -0.3 is 24.6 Å². The fourth-order valence-corrected chi connectivity index (χ4v) is 1.97. The molecule has 0 aromatic rings. The molecule has 2 heterocycles. The summed E-state index contributed by atoms with van der Waals surface area (Å²) >= 11 is 0. The highest BCUT2D eigenvalue weighted by Crippen LogP contribution is 2.07. The number of esters is 1. The van der Waals surface area contributed by atoms with E-state index < -0.39 is 5.60 Å². The second kappa shape index (κ2) is 14.8. The summed E-state index contributed by atoms with van der Waals surface area (Å²) in [4.78, 5) is 11.3. The minimum absolute atomic E-state index is 0. The number of ether oxygens (including phenoxy) is 3. The normalized spacial score (nSPS) is 22.4. The minimum Gasteiger partial charge on any atom is -0.459 e. The zero-order chi connectivity index (χ0) is 17.7. The Bertz CT molecular complexity index is 304. The van der Waals surface area contributed by atoms with E-state index in [1.165, 1.54) is 0 Å². The predicted octanol–water partition coefficient (Wildman–Crippen LogP) is -0.0245. The topological polar surface area (TPSA) is 115 Å². The van der Waals surface area contributed by atoms with Gasteiger partial charge in [-0.1, -0.05) is 0 Å². The number of nitrogens with one attached hydrogen (secondary N) is 2. The first-order valence-corrected chi connectivity index (χ1v) is 7.92. The number of carbonyl (C=O) groups is 1. The molecule has 0 aliphatic carbocycles. The van der Waals surface area contributed by atoms with Gasteiger partial charge >= 0.3 is 5.97 Å². The first kappa shape index (κ1) is 25.8. The predicted molar refractivity (Wildman–Crippen MR) is 95.0 cm³/mol. The molecule has 0 aromatic heterocycles. The van der Waals surface area contributed by atoms with E-state index in [1.54, 1.807) is 0 Å². The first-order chi connectivity index (χ1) is 10.9. The third-order valence-electron chi connectivity index (χ3n) is 3.05.